The maximum absolute atomic E-state index is 9.15. The van der Waals surface area contributed by atoms with Crippen molar-refractivity contribution in [3.8, 4) is 5.75 Å². The summed E-state index contributed by atoms with van der Waals surface area (Å²) in [5.41, 5.74) is 1.89. The Hall–Kier alpha value is -1.02. The van der Waals surface area contributed by atoms with E-state index < -0.39 is 0 Å². The molecule has 0 aromatic heterocycles. The quantitative estimate of drug-likeness (QED) is 0.796. The third kappa shape index (κ3) is 2.26. The second kappa shape index (κ2) is 5.01. The van der Waals surface area contributed by atoms with Gasteiger partial charge in [0.15, 0.2) is 0 Å². The molecule has 0 fully saturated rings. The summed E-state index contributed by atoms with van der Waals surface area (Å²) in [6.45, 7) is 8.53. The average molecular weight is 193 g/mol. The third-order valence-corrected chi connectivity index (χ3v) is 2.12. The highest BCUT2D eigenvalue weighted by Crippen LogP contribution is 2.29. The lowest BCUT2D eigenvalue weighted by Crippen LogP contribution is -2.02. The smallest absolute Gasteiger partial charge is 0.128 e. The van der Waals surface area contributed by atoms with Gasteiger partial charge in [-0.05, 0) is 25.3 Å². The van der Waals surface area contributed by atoms with Gasteiger partial charge in [-0.1, -0.05) is 25.1 Å². The van der Waals surface area contributed by atoms with Gasteiger partial charge in [-0.2, -0.15) is 0 Å². The van der Waals surface area contributed by atoms with Gasteiger partial charge in [0.25, 0.3) is 0 Å². The highest BCUT2D eigenvalue weighted by molar-refractivity contribution is 5.43. The summed E-state index contributed by atoms with van der Waals surface area (Å²) in [6, 6.07) is 5.78. The summed E-state index contributed by atoms with van der Waals surface area (Å²) in [4.78, 5) is 0. The van der Waals surface area contributed by atoms with Crippen LogP contribution in [0.2, 0.25) is 0 Å². The zero-order chi connectivity index (χ0) is 10.6. The molecule has 1 radical (unpaired) electrons. The van der Waals surface area contributed by atoms with Crippen LogP contribution in [0.3, 0.4) is 0 Å². The maximum atomic E-state index is 9.15. The first kappa shape index (κ1) is 11.1. The monoisotopic (exact) mass is 193 g/mol. The summed E-state index contributed by atoms with van der Waals surface area (Å²) >= 11 is 0. The van der Waals surface area contributed by atoms with E-state index in [0.29, 0.717) is 6.61 Å². The van der Waals surface area contributed by atoms with E-state index >= 15 is 0 Å². The molecule has 14 heavy (non-hydrogen) atoms. The molecule has 1 unspecified atom stereocenters. The molecule has 1 aromatic rings. The van der Waals surface area contributed by atoms with E-state index in [1.54, 1.807) is 0 Å². The molecule has 1 N–H and O–H groups in total. The summed E-state index contributed by atoms with van der Waals surface area (Å²) in [6.07, 6.45) is 0. The van der Waals surface area contributed by atoms with E-state index in [2.05, 4.69) is 6.92 Å². The van der Waals surface area contributed by atoms with Crippen LogP contribution in [0.25, 0.3) is 0 Å². The second-order valence-electron chi connectivity index (χ2n) is 3.33. The van der Waals surface area contributed by atoms with Crippen LogP contribution in [0, 0.1) is 6.92 Å². The van der Waals surface area contributed by atoms with E-state index in [-0.39, 0.29) is 12.5 Å². The van der Waals surface area contributed by atoms with Gasteiger partial charge in [-0.3, -0.25) is 0 Å². The number of benzene rings is 1. The van der Waals surface area contributed by atoms with Crippen LogP contribution in [-0.4, -0.2) is 11.7 Å². The normalized spacial score (nSPS) is 10.6. The molecule has 0 aliphatic heterocycles. The van der Waals surface area contributed by atoms with Crippen molar-refractivity contribution in [1.82, 2.24) is 0 Å². The Morgan fingerprint density at radius 1 is 1.50 bits per heavy atom. The minimum atomic E-state index is 0.00981. The van der Waals surface area contributed by atoms with Crippen LogP contribution in [0.5, 0.6) is 5.75 Å². The van der Waals surface area contributed by atoms with Crippen molar-refractivity contribution in [2.45, 2.75) is 26.4 Å². The van der Waals surface area contributed by atoms with Crippen molar-refractivity contribution in [2.24, 2.45) is 0 Å². The molecule has 77 valence electrons. The van der Waals surface area contributed by atoms with E-state index in [9.17, 15) is 0 Å². The predicted molar refractivity (Wildman–Crippen MR) is 57.3 cm³/mol. The van der Waals surface area contributed by atoms with Gasteiger partial charge in [0, 0.05) is 5.56 Å². The first-order chi connectivity index (χ1) is 6.70. The van der Waals surface area contributed by atoms with Crippen molar-refractivity contribution >= 4 is 0 Å². The van der Waals surface area contributed by atoms with Crippen LogP contribution < -0.4 is 4.74 Å². The molecular weight excluding hydrogens is 176 g/mol. The third-order valence-electron chi connectivity index (χ3n) is 2.12. The van der Waals surface area contributed by atoms with Crippen molar-refractivity contribution in [3.63, 3.8) is 0 Å². The highest BCUT2D eigenvalue weighted by Gasteiger charge is 2.11. The van der Waals surface area contributed by atoms with Gasteiger partial charge in [-0.15, -0.1) is 0 Å². The Morgan fingerprint density at radius 3 is 2.71 bits per heavy atom. The van der Waals surface area contributed by atoms with Gasteiger partial charge in [0.1, 0.15) is 5.75 Å². The highest BCUT2D eigenvalue weighted by atomic mass is 16.5. The number of hydrogen-bond donors (Lipinski definition) is 1. The molecule has 1 aromatic carbocycles. The van der Waals surface area contributed by atoms with Crippen LogP contribution in [0.1, 0.15) is 30.9 Å². The first-order valence-corrected chi connectivity index (χ1v) is 4.89. The van der Waals surface area contributed by atoms with Crippen LogP contribution in [0.4, 0.5) is 0 Å². The summed E-state index contributed by atoms with van der Waals surface area (Å²) in [5, 5.41) is 9.15. The Bertz CT molecular complexity index is 292. The van der Waals surface area contributed by atoms with Crippen LogP contribution in [0.15, 0.2) is 18.2 Å². The van der Waals surface area contributed by atoms with Gasteiger partial charge >= 0.3 is 0 Å². The van der Waals surface area contributed by atoms with E-state index in [0.717, 1.165) is 16.9 Å². The minimum Gasteiger partial charge on any atom is -0.493 e. The largest absolute Gasteiger partial charge is 0.493 e. The number of rotatable bonds is 4. The zero-order valence-corrected chi connectivity index (χ0v) is 8.79. The Labute approximate surface area is 85.5 Å². The molecule has 0 bridgehead atoms. The lowest BCUT2D eigenvalue weighted by atomic mass is 9.99. The molecule has 0 aliphatic rings. The SMILES string of the molecule is [CH2]C(C)c1cccc(CO)c1OCC. The standard InChI is InChI=1S/C12H17O2/c1-4-14-12-10(8-13)6-5-7-11(12)9(2)3/h5-7,9,13H,2,4,8H2,1,3H3. The summed E-state index contributed by atoms with van der Waals surface area (Å²) in [7, 11) is 0. The van der Waals surface area contributed by atoms with Crippen molar-refractivity contribution in [3.05, 3.63) is 36.2 Å². The maximum Gasteiger partial charge on any atom is 0.128 e. The number of hydrogen-bond acceptors (Lipinski definition) is 2. The molecule has 0 heterocycles. The number of ether oxygens (including phenoxy) is 1. The van der Waals surface area contributed by atoms with Gasteiger partial charge in [-0.25, -0.2) is 0 Å². The lowest BCUT2D eigenvalue weighted by Gasteiger charge is -2.15. The molecule has 2 heteroatoms. The lowest BCUT2D eigenvalue weighted by molar-refractivity contribution is 0.266. The molecular formula is C12H17O2. The molecule has 1 rings (SSSR count). The van der Waals surface area contributed by atoms with Gasteiger partial charge in [0.2, 0.25) is 0 Å². The number of aliphatic hydroxyl groups excluding tert-OH is 1. The number of aliphatic hydroxyl groups is 1. The average Bonchev–Trinajstić information content (AvgIpc) is 2.18. The molecule has 0 amide bonds. The fourth-order valence-electron chi connectivity index (χ4n) is 1.44. The molecule has 1 atom stereocenters. The van der Waals surface area contributed by atoms with E-state index in [1.165, 1.54) is 0 Å². The molecule has 0 spiro atoms. The Balaban J connectivity index is 3.13. The predicted octanol–water partition coefficient (Wildman–Crippen LogP) is 2.52. The fraction of sp³-hybridized carbons (Fsp3) is 0.417. The minimum absolute atomic E-state index is 0.00981. The van der Waals surface area contributed by atoms with Gasteiger partial charge in [0.05, 0.1) is 13.2 Å². The Morgan fingerprint density at radius 2 is 2.21 bits per heavy atom. The van der Waals surface area contributed by atoms with E-state index in [1.807, 2.05) is 32.0 Å². The van der Waals surface area contributed by atoms with Crippen molar-refractivity contribution in [1.29, 1.82) is 0 Å². The van der Waals surface area contributed by atoms with Crippen LogP contribution in [-0.2, 0) is 6.61 Å². The summed E-state index contributed by atoms with van der Waals surface area (Å²) in [5.74, 6) is 0.961. The molecule has 2 nitrogen and oxygen atoms in total. The molecule has 0 saturated heterocycles. The van der Waals surface area contributed by atoms with Crippen LogP contribution >= 0.6 is 0 Å². The number of para-hydroxylation sites is 1. The topological polar surface area (TPSA) is 29.5 Å². The first-order valence-electron chi connectivity index (χ1n) is 4.89. The molecule has 0 aliphatic carbocycles. The van der Waals surface area contributed by atoms with Gasteiger partial charge < -0.3 is 9.84 Å². The van der Waals surface area contributed by atoms with E-state index in [4.69, 9.17) is 9.84 Å². The zero-order valence-electron chi connectivity index (χ0n) is 8.79. The Kier molecular flexibility index (Phi) is 3.96. The second-order valence-corrected chi connectivity index (χ2v) is 3.33. The fourth-order valence-corrected chi connectivity index (χ4v) is 1.44. The molecule has 0 saturated carbocycles. The van der Waals surface area contributed by atoms with Crippen molar-refractivity contribution < 1.29 is 9.84 Å². The van der Waals surface area contributed by atoms with Crippen molar-refractivity contribution in [2.75, 3.05) is 6.61 Å². The summed E-state index contributed by atoms with van der Waals surface area (Å²) < 4.78 is 5.52.